The van der Waals surface area contributed by atoms with Crippen LogP contribution in [0.1, 0.15) is 17.2 Å². The van der Waals surface area contributed by atoms with Gasteiger partial charge in [0.15, 0.2) is 11.5 Å². The number of methoxy groups -OCH3 is 1. The zero-order chi connectivity index (χ0) is 18.9. The lowest BCUT2D eigenvalue weighted by Crippen LogP contribution is -2.24. The fourth-order valence-corrected chi connectivity index (χ4v) is 2.72. The summed E-state index contributed by atoms with van der Waals surface area (Å²) in [5, 5.41) is 10.4. The molecule has 2 rings (SSSR count). The SMILES string of the molecule is COc1cc(CN(C)C[C@H](O)c2ccccc2)ccc1OCCN(C)C. The van der Waals surface area contributed by atoms with Crippen molar-refractivity contribution in [3.05, 3.63) is 59.7 Å². The monoisotopic (exact) mass is 358 g/mol. The van der Waals surface area contributed by atoms with Crippen LogP contribution in [0.15, 0.2) is 48.5 Å². The topological polar surface area (TPSA) is 45.2 Å². The van der Waals surface area contributed by atoms with Crippen molar-refractivity contribution in [2.45, 2.75) is 12.6 Å². The first-order valence-electron chi connectivity index (χ1n) is 8.85. The van der Waals surface area contributed by atoms with Crippen LogP contribution in [0.4, 0.5) is 0 Å². The molecule has 2 aromatic rings. The third-order valence-electron chi connectivity index (χ3n) is 4.15. The minimum absolute atomic E-state index is 0.503. The summed E-state index contributed by atoms with van der Waals surface area (Å²) in [6, 6.07) is 15.7. The summed E-state index contributed by atoms with van der Waals surface area (Å²) >= 11 is 0. The van der Waals surface area contributed by atoms with E-state index in [2.05, 4.69) is 9.80 Å². The summed E-state index contributed by atoms with van der Waals surface area (Å²) in [5.41, 5.74) is 2.05. The van der Waals surface area contributed by atoms with E-state index in [0.29, 0.717) is 13.2 Å². The molecule has 0 spiro atoms. The fraction of sp³-hybridized carbons (Fsp3) is 0.429. The summed E-state index contributed by atoms with van der Waals surface area (Å²) in [4.78, 5) is 4.17. The lowest BCUT2D eigenvalue weighted by molar-refractivity contribution is 0.124. The molecule has 1 N–H and O–H groups in total. The Balaban J connectivity index is 1.93. The minimum atomic E-state index is -0.503. The Morgan fingerprint density at radius 2 is 1.73 bits per heavy atom. The van der Waals surface area contributed by atoms with Crippen molar-refractivity contribution in [1.29, 1.82) is 0 Å². The smallest absolute Gasteiger partial charge is 0.161 e. The molecule has 0 saturated heterocycles. The molecule has 0 radical (unpaired) electrons. The molecule has 26 heavy (non-hydrogen) atoms. The molecule has 2 aromatic carbocycles. The molecule has 0 saturated carbocycles. The zero-order valence-corrected chi connectivity index (χ0v) is 16.2. The van der Waals surface area contributed by atoms with Crippen molar-refractivity contribution in [2.24, 2.45) is 0 Å². The van der Waals surface area contributed by atoms with Gasteiger partial charge in [-0.05, 0) is 44.4 Å². The van der Waals surface area contributed by atoms with Gasteiger partial charge in [-0.3, -0.25) is 4.90 Å². The first-order valence-corrected chi connectivity index (χ1v) is 8.85. The molecule has 142 valence electrons. The Morgan fingerprint density at radius 3 is 2.38 bits per heavy atom. The Morgan fingerprint density at radius 1 is 1.00 bits per heavy atom. The van der Waals surface area contributed by atoms with Gasteiger partial charge in [0.25, 0.3) is 0 Å². The number of nitrogens with zero attached hydrogens (tertiary/aromatic N) is 2. The molecular formula is C21H30N2O3. The van der Waals surface area contributed by atoms with Crippen LogP contribution in [0.3, 0.4) is 0 Å². The normalized spacial score (nSPS) is 12.4. The van der Waals surface area contributed by atoms with Crippen LogP contribution in [0.2, 0.25) is 0 Å². The number of aliphatic hydroxyl groups is 1. The van der Waals surface area contributed by atoms with E-state index >= 15 is 0 Å². The quantitative estimate of drug-likeness (QED) is 0.708. The molecular weight excluding hydrogens is 328 g/mol. The lowest BCUT2D eigenvalue weighted by Gasteiger charge is -2.21. The second kappa shape index (κ2) is 10.2. The van der Waals surface area contributed by atoms with Gasteiger partial charge in [-0.2, -0.15) is 0 Å². The van der Waals surface area contributed by atoms with Gasteiger partial charge in [0, 0.05) is 19.6 Å². The molecule has 0 unspecified atom stereocenters. The number of hydrogen-bond donors (Lipinski definition) is 1. The number of benzene rings is 2. The summed E-state index contributed by atoms with van der Waals surface area (Å²) < 4.78 is 11.3. The summed E-state index contributed by atoms with van der Waals surface area (Å²) in [6.07, 6.45) is -0.503. The Labute approximate surface area is 156 Å². The van der Waals surface area contributed by atoms with E-state index in [0.717, 1.165) is 35.7 Å². The van der Waals surface area contributed by atoms with Crippen molar-refractivity contribution < 1.29 is 14.6 Å². The second-order valence-electron chi connectivity index (χ2n) is 6.76. The molecule has 0 aromatic heterocycles. The maximum atomic E-state index is 10.4. The van der Waals surface area contributed by atoms with Crippen LogP contribution in [0, 0.1) is 0 Å². The maximum absolute atomic E-state index is 10.4. The molecule has 0 amide bonds. The summed E-state index contributed by atoms with van der Waals surface area (Å²) in [7, 11) is 7.69. The van der Waals surface area contributed by atoms with Crippen LogP contribution < -0.4 is 9.47 Å². The van der Waals surface area contributed by atoms with E-state index in [1.54, 1.807) is 7.11 Å². The van der Waals surface area contributed by atoms with Crippen LogP contribution in [0.5, 0.6) is 11.5 Å². The third-order valence-corrected chi connectivity index (χ3v) is 4.15. The van der Waals surface area contributed by atoms with E-state index in [-0.39, 0.29) is 0 Å². The maximum Gasteiger partial charge on any atom is 0.161 e. The second-order valence-corrected chi connectivity index (χ2v) is 6.76. The van der Waals surface area contributed by atoms with Gasteiger partial charge in [0.05, 0.1) is 13.2 Å². The number of hydrogen-bond acceptors (Lipinski definition) is 5. The standard InChI is InChI=1S/C21H30N2O3/c1-22(2)12-13-26-20-11-10-17(14-21(20)25-4)15-23(3)16-19(24)18-8-6-5-7-9-18/h5-11,14,19,24H,12-13,15-16H2,1-4H3/t19-/m0/s1. The Hall–Kier alpha value is -2.08. The molecule has 0 bridgehead atoms. The van der Waals surface area contributed by atoms with E-state index in [4.69, 9.17) is 9.47 Å². The van der Waals surface area contributed by atoms with E-state index in [9.17, 15) is 5.11 Å². The average molecular weight is 358 g/mol. The fourth-order valence-electron chi connectivity index (χ4n) is 2.72. The van der Waals surface area contributed by atoms with E-state index < -0.39 is 6.10 Å². The summed E-state index contributed by atoms with van der Waals surface area (Å²) in [6.45, 7) is 2.75. The first-order chi connectivity index (χ1) is 12.5. The third kappa shape index (κ3) is 6.33. The van der Waals surface area contributed by atoms with Gasteiger partial charge in [0.1, 0.15) is 6.61 Å². The summed E-state index contributed by atoms with van der Waals surface area (Å²) in [5.74, 6) is 1.49. The molecule has 0 aliphatic heterocycles. The number of likely N-dealkylation sites (N-methyl/N-ethyl adjacent to an activating group) is 2. The molecule has 5 heteroatoms. The van der Waals surface area contributed by atoms with Gasteiger partial charge < -0.3 is 19.5 Å². The van der Waals surface area contributed by atoms with Crippen molar-refractivity contribution in [3.8, 4) is 11.5 Å². The highest BCUT2D eigenvalue weighted by Gasteiger charge is 2.12. The number of aliphatic hydroxyl groups excluding tert-OH is 1. The van der Waals surface area contributed by atoms with Crippen LogP contribution in [0.25, 0.3) is 0 Å². The van der Waals surface area contributed by atoms with E-state index in [1.807, 2.05) is 69.7 Å². The van der Waals surface area contributed by atoms with Gasteiger partial charge in [-0.15, -0.1) is 0 Å². The first kappa shape index (κ1) is 20.2. The lowest BCUT2D eigenvalue weighted by atomic mass is 10.1. The van der Waals surface area contributed by atoms with Crippen LogP contribution in [-0.2, 0) is 6.54 Å². The molecule has 0 aliphatic carbocycles. The van der Waals surface area contributed by atoms with Crippen molar-refractivity contribution >= 4 is 0 Å². The zero-order valence-electron chi connectivity index (χ0n) is 16.2. The Kier molecular flexibility index (Phi) is 7.91. The van der Waals surface area contributed by atoms with Gasteiger partial charge >= 0.3 is 0 Å². The average Bonchev–Trinajstić information content (AvgIpc) is 2.63. The highest BCUT2D eigenvalue weighted by atomic mass is 16.5. The van der Waals surface area contributed by atoms with Gasteiger partial charge in [-0.1, -0.05) is 36.4 Å². The van der Waals surface area contributed by atoms with Crippen LogP contribution >= 0.6 is 0 Å². The number of rotatable bonds is 10. The minimum Gasteiger partial charge on any atom is -0.493 e. The molecule has 0 fully saturated rings. The molecule has 1 atom stereocenters. The van der Waals surface area contributed by atoms with Gasteiger partial charge in [-0.25, -0.2) is 0 Å². The van der Waals surface area contributed by atoms with Gasteiger partial charge in [0.2, 0.25) is 0 Å². The largest absolute Gasteiger partial charge is 0.493 e. The van der Waals surface area contributed by atoms with Crippen LogP contribution in [-0.4, -0.2) is 62.9 Å². The highest BCUT2D eigenvalue weighted by Crippen LogP contribution is 2.28. The molecule has 5 nitrogen and oxygen atoms in total. The van der Waals surface area contributed by atoms with Crippen molar-refractivity contribution in [1.82, 2.24) is 9.80 Å². The number of ether oxygens (including phenoxy) is 2. The van der Waals surface area contributed by atoms with Crippen molar-refractivity contribution in [3.63, 3.8) is 0 Å². The predicted molar refractivity (Wildman–Crippen MR) is 105 cm³/mol. The van der Waals surface area contributed by atoms with Crippen molar-refractivity contribution in [2.75, 3.05) is 47.9 Å². The molecule has 0 heterocycles. The predicted octanol–water partition coefficient (Wildman–Crippen LogP) is 2.80. The highest BCUT2D eigenvalue weighted by molar-refractivity contribution is 5.43. The Bertz CT molecular complexity index is 662. The molecule has 0 aliphatic rings. The van der Waals surface area contributed by atoms with E-state index in [1.165, 1.54) is 0 Å².